The van der Waals surface area contributed by atoms with E-state index in [2.05, 4.69) is 27.7 Å². The fourth-order valence-electron chi connectivity index (χ4n) is 2.32. The molecule has 0 saturated carbocycles. The van der Waals surface area contributed by atoms with Crippen molar-refractivity contribution in [3.63, 3.8) is 0 Å². The van der Waals surface area contributed by atoms with Crippen LogP contribution in [0.2, 0.25) is 0 Å². The Morgan fingerprint density at radius 1 is 0.633 bits per heavy atom. The zero-order chi connectivity index (χ0) is 22.4. The van der Waals surface area contributed by atoms with E-state index in [9.17, 15) is 8.42 Å². The lowest BCUT2D eigenvalue weighted by Gasteiger charge is -2.08. The zero-order valence-corrected chi connectivity index (χ0v) is 19.3. The highest BCUT2D eigenvalue weighted by atomic mass is 32.2. The summed E-state index contributed by atoms with van der Waals surface area (Å²) in [6, 6.07) is 20.4. The smallest absolute Gasteiger partial charge is 0.206 e. The van der Waals surface area contributed by atoms with Gasteiger partial charge in [-0.25, -0.2) is 8.42 Å². The number of sulfone groups is 1. The van der Waals surface area contributed by atoms with Crippen molar-refractivity contribution in [2.24, 2.45) is 5.41 Å². The van der Waals surface area contributed by atoms with Gasteiger partial charge in [-0.3, -0.25) is 0 Å². The molecule has 0 N–H and O–H groups in total. The monoisotopic (exact) mass is 426 g/mol. The van der Waals surface area contributed by atoms with Gasteiger partial charge >= 0.3 is 0 Å². The van der Waals surface area contributed by atoms with Crippen LogP contribution in [-0.4, -0.2) is 15.5 Å². The van der Waals surface area contributed by atoms with E-state index in [0.29, 0.717) is 16.9 Å². The van der Waals surface area contributed by atoms with E-state index in [-0.39, 0.29) is 9.79 Å². The van der Waals surface area contributed by atoms with Crippen LogP contribution in [0.25, 0.3) is 0 Å². The normalized spacial score (nSPS) is 11.3. The fourth-order valence-corrected chi connectivity index (χ4v) is 3.58. The predicted molar refractivity (Wildman–Crippen MR) is 121 cm³/mol. The van der Waals surface area contributed by atoms with Crippen molar-refractivity contribution in [2.75, 3.05) is 7.11 Å². The van der Waals surface area contributed by atoms with Crippen molar-refractivity contribution in [3.05, 3.63) is 78.4 Å². The van der Waals surface area contributed by atoms with Gasteiger partial charge < -0.3 is 9.47 Å². The highest BCUT2D eigenvalue weighted by molar-refractivity contribution is 7.91. The largest absolute Gasteiger partial charge is 0.497 e. The zero-order valence-electron chi connectivity index (χ0n) is 18.5. The van der Waals surface area contributed by atoms with Gasteiger partial charge in [0.15, 0.2) is 0 Å². The molecule has 0 aliphatic carbocycles. The quantitative estimate of drug-likeness (QED) is 0.456. The highest BCUT2D eigenvalue weighted by Crippen LogP contribution is 2.27. The first-order chi connectivity index (χ1) is 14.0. The number of rotatable bonds is 5. The molecule has 0 aliphatic rings. The summed E-state index contributed by atoms with van der Waals surface area (Å²) in [5.74, 6) is 1.95. The van der Waals surface area contributed by atoms with Crippen LogP contribution in [0.3, 0.4) is 0 Å². The van der Waals surface area contributed by atoms with E-state index in [1.165, 1.54) is 0 Å². The Balaban J connectivity index is 0.000000575. The number of hydrogen-bond acceptors (Lipinski definition) is 4. The van der Waals surface area contributed by atoms with Crippen LogP contribution < -0.4 is 9.47 Å². The van der Waals surface area contributed by atoms with Crippen LogP contribution >= 0.6 is 0 Å². The summed E-state index contributed by atoms with van der Waals surface area (Å²) >= 11 is 0. The molecule has 160 valence electrons. The molecular weight excluding hydrogens is 396 g/mol. The molecule has 0 bridgehead atoms. The van der Waals surface area contributed by atoms with Crippen LogP contribution in [0.4, 0.5) is 0 Å². The van der Waals surface area contributed by atoms with Crippen molar-refractivity contribution in [1.82, 2.24) is 0 Å². The number of methoxy groups -OCH3 is 1. The third-order valence-corrected chi connectivity index (χ3v) is 5.55. The molecule has 3 aromatic rings. The van der Waals surface area contributed by atoms with Crippen LogP contribution in [0, 0.1) is 12.3 Å². The Bertz CT molecular complexity index is 1020. The maximum atomic E-state index is 12.6. The summed E-state index contributed by atoms with van der Waals surface area (Å²) in [5, 5.41) is 0. The van der Waals surface area contributed by atoms with Gasteiger partial charge in [0.2, 0.25) is 9.84 Å². The molecule has 0 unspecified atom stereocenters. The van der Waals surface area contributed by atoms with Gasteiger partial charge in [0.1, 0.15) is 17.2 Å². The summed E-state index contributed by atoms with van der Waals surface area (Å²) in [5.41, 5.74) is 1.52. The van der Waals surface area contributed by atoms with Gasteiger partial charge in [-0.2, -0.15) is 0 Å². The summed E-state index contributed by atoms with van der Waals surface area (Å²) < 4.78 is 36.1. The van der Waals surface area contributed by atoms with E-state index < -0.39 is 9.84 Å². The predicted octanol–water partition coefficient (Wildman–Crippen LogP) is 6.68. The van der Waals surface area contributed by atoms with Crippen molar-refractivity contribution < 1.29 is 17.9 Å². The van der Waals surface area contributed by atoms with Crippen LogP contribution in [0.5, 0.6) is 17.2 Å². The maximum Gasteiger partial charge on any atom is 0.206 e. The molecule has 0 fully saturated rings. The van der Waals surface area contributed by atoms with Gasteiger partial charge in [-0.05, 0) is 73.0 Å². The molecule has 0 amide bonds. The second-order valence-electron chi connectivity index (χ2n) is 8.57. The lowest BCUT2D eigenvalue weighted by Crippen LogP contribution is -2.01. The van der Waals surface area contributed by atoms with Gasteiger partial charge in [-0.1, -0.05) is 45.4 Å². The van der Waals surface area contributed by atoms with Crippen molar-refractivity contribution >= 4 is 9.84 Å². The van der Waals surface area contributed by atoms with Crippen molar-refractivity contribution in [3.8, 4) is 17.2 Å². The Labute approximate surface area is 180 Å². The minimum Gasteiger partial charge on any atom is -0.497 e. The van der Waals surface area contributed by atoms with E-state index in [1.54, 1.807) is 79.9 Å². The molecule has 0 spiro atoms. The van der Waals surface area contributed by atoms with Gasteiger partial charge in [0.25, 0.3) is 0 Å². The van der Waals surface area contributed by atoms with Crippen LogP contribution in [0.1, 0.15) is 33.3 Å². The molecule has 0 aliphatic heterocycles. The maximum absolute atomic E-state index is 12.6. The summed E-state index contributed by atoms with van der Waals surface area (Å²) in [6.45, 7) is 10.7. The number of benzene rings is 3. The molecule has 30 heavy (non-hydrogen) atoms. The summed E-state index contributed by atoms with van der Waals surface area (Å²) in [4.78, 5) is 0.514. The lowest BCUT2D eigenvalue weighted by atomic mass is 10.0. The Hall–Kier alpha value is -2.79. The number of aryl methyl sites for hydroxylation is 1. The SMILES string of the molecule is CC(C)(C)C.COc1ccc(Oc2ccc(S(=O)(=O)c3ccc(C)cc3)cc2)cc1. The van der Waals surface area contributed by atoms with Gasteiger partial charge in [0.05, 0.1) is 16.9 Å². The molecule has 0 radical (unpaired) electrons. The third kappa shape index (κ3) is 7.23. The summed E-state index contributed by atoms with van der Waals surface area (Å²) in [6.07, 6.45) is 0. The topological polar surface area (TPSA) is 52.6 Å². The molecule has 0 aromatic heterocycles. The fraction of sp³-hybridized carbons (Fsp3) is 0.280. The molecule has 0 heterocycles. The molecule has 0 atom stereocenters. The molecule has 4 nitrogen and oxygen atoms in total. The van der Waals surface area contributed by atoms with E-state index in [0.717, 1.165) is 11.3 Å². The van der Waals surface area contributed by atoms with E-state index in [4.69, 9.17) is 9.47 Å². The Morgan fingerprint density at radius 3 is 1.37 bits per heavy atom. The first-order valence-corrected chi connectivity index (χ1v) is 11.2. The first kappa shape index (κ1) is 23.5. The average molecular weight is 427 g/mol. The number of hydrogen-bond donors (Lipinski definition) is 0. The van der Waals surface area contributed by atoms with E-state index in [1.807, 2.05) is 6.92 Å². The molecule has 3 rings (SSSR count). The third-order valence-electron chi connectivity index (χ3n) is 3.76. The standard InChI is InChI=1S/C20H18O4S.C5H12/c1-15-3-11-19(12-4-15)25(21,22)20-13-9-18(10-14-20)24-17-7-5-16(23-2)6-8-17;1-5(2,3)4/h3-14H,1-2H3;1-4H3. The van der Waals surface area contributed by atoms with Crippen molar-refractivity contribution in [1.29, 1.82) is 0 Å². The van der Waals surface area contributed by atoms with E-state index >= 15 is 0 Å². The average Bonchev–Trinajstić information content (AvgIpc) is 2.68. The second kappa shape index (κ2) is 9.81. The Morgan fingerprint density at radius 2 is 0.967 bits per heavy atom. The first-order valence-electron chi connectivity index (χ1n) is 9.73. The Kier molecular flexibility index (Phi) is 7.68. The molecule has 5 heteroatoms. The lowest BCUT2D eigenvalue weighted by molar-refractivity contribution is 0.413. The number of ether oxygens (including phenoxy) is 2. The van der Waals surface area contributed by atoms with Crippen LogP contribution in [-0.2, 0) is 9.84 Å². The van der Waals surface area contributed by atoms with Gasteiger partial charge in [0, 0.05) is 0 Å². The minimum atomic E-state index is -3.53. The molecular formula is C25H30O4S. The second-order valence-corrected chi connectivity index (χ2v) is 10.5. The molecule has 3 aromatic carbocycles. The summed E-state index contributed by atoms with van der Waals surface area (Å²) in [7, 11) is -1.93. The highest BCUT2D eigenvalue weighted by Gasteiger charge is 2.17. The minimum absolute atomic E-state index is 0.235. The molecule has 0 saturated heterocycles. The van der Waals surface area contributed by atoms with Crippen molar-refractivity contribution in [2.45, 2.75) is 44.4 Å². The van der Waals surface area contributed by atoms with Crippen LogP contribution in [0.15, 0.2) is 82.6 Å². The van der Waals surface area contributed by atoms with Gasteiger partial charge in [-0.15, -0.1) is 0 Å².